The molecular weight excluding hydrogens is 346 g/mol. The molecule has 0 fully saturated rings. The van der Waals surface area contributed by atoms with Crippen molar-refractivity contribution < 1.29 is 4.79 Å². The van der Waals surface area contributed by atoms with Crippen molar-refractivity contribution >= 4 is 33.2 Å². The summed E-state index contributed by atoms with van der Waals surface area (Å²) < 4.78 is 1.12. The van der Waals surface area contributed by atoms with Gasteiger partial charge < -0.3 is 4.90 Å². The molecule has 3 rings (SSSR count). The first-order chi connectivity index (χ1) is 10.1. The number of halogens is 1. The minimum atomic E-state index is 0.00144. The highest BCUT2D eigenvalue weighted by Crippen LogP contribution is 2.41. The Morgan fingerprint density at radius 2 is 2.24 bits per heavy atom. The van der Waals surface area contributed by atoms with Gasteiger partial charge in [0, 0.05) is 23.9 Å². The lowest BCUT2D eigenvalue weighted by atomic mass is 9.88. The van der Waals surface area contributed by atoms with Gasteiger partial charge in [0.05, 0.1) is 3.79 Å². The van der Waals surface area contributed by atoms with Crippen LogP contribution in [-0.4, -0.2) is 17.4 Å². The number of benzene rings is 1. The lowest BCUT2D eigenvalue weighted by molar-refractivity contribution is -0.127. The van der Waals surface area contributed by atoms with E-state index in [2.05, 4.69) is 59.8 Å². The Morgan fingerprint density at radius 1 is 1.48 bits per heavy atom. The van der Waals surface area contributed by atoms with Crippen molar-refractivity contribution in [3.8, 4) is 0 Å². The van der Waals surface area contributed by atoms with Crippen molar-refractivity contribution in [1.29, 1.82) is 0 Å². The summed E-state index contributed by atoms with van der Waals surface area (Å²) in [6.45, 7) is 7.13. The highest BCUT2D eigenvalue weighted by molar-refractivity contribution is 9.11. The molecule has 0 N–H and O–H groups in total. The van der Waals surface area contributed by atoms with Gasteiger partial charge in [-0.25, -0.2) is 0 Å². The van der Waals surface area contributed by atoms with E-state index in [9.17, 15) is 4.79 Å². The SMILES string of the molecule is C=CC(=O)N1Cc2cc(Br)sc2[C@H](c2ccccc2C)C1. The Bertz CT molecular complexity index is 707. The molecule has 1 amide bonds. The van der Waals surface area contributed by atoms with Crippen LogP contribution in [0.3, 0.4) is 0 Å². The van der Waals surface area contributed by atoms with Gasteiger partial charge >= 0.3 is 0 Å². The second-order valence-electron chi connectivity index (χ2n) is 5.27. The van der Waals surface area contributed by atoms with Crippen LogP contribution in [0.15, 0.2) is 46.8 Å². The summed E-state index contributed by atoms with van der Waals surface area (Å²) in [5.41, 5.74) is 3.81. The summed E-state index contributed by atoms with van der Waals surface area (Å²) in [5, 5.41) is 0. The largest absolute Gasteiger partial charge is 0.334 e. The van der Waals surface area contributed by atoms with Crippen LogP contribution in [0.1, 0.15) is 27.5 Å². The molecule has 0 aliphatic carbocycles. The zero-order chi connectivity index (χ0) is 15.0. The summed E-state index contributed by atoms with van der Waals surface area (Å²) >= 11 is 5.36. The molecule has 0 unspecified atom stereocenters. The second-order valence-corrected chi connectivity index (χ2v) is 7.74. The number of amides is 1. The lowest BCUT2D eigenvalue weighted by Crippen LogP contribution is -2.37. The number of hydrogen-bond donors (Lipinski definition) is 0. The topological polar surface area (TPSA) is 20.3 Å². The quantitative estimate of drug-likeness (QED) is 0.722. The van der Waals surface area contributed by atoms with E-state index >= 15 is 0 Å². The molecule has 0 spiro atoms. The molecule has 4 heteroatoms. The Kier molecular flexibility index (Phi) is 4.00. The molecule has 1 aromatic carbocycles. The molecule has 1 atom stereocenters. The van der Waals surface area contributed by atoms with Crippen LogP contribution in [-0.2, 0) is 11.3 Å². The minimum Gasteiger partial charge on any atom is -0.334 e. The van der Waals surface area contributed by atoms with Gasteiger partial charge in [-0.15, -0.1) is 11.3 Å². The summed E-state index contributed by atoms with van der Waals surface area (Å²) in [6.07, 6.45) is 1.40. The number of nitrogens with zero attached hydrogens (tertiary/aromatic N) is 1. The fourth-order valence-electron chi connectivity index (χ4n) is 2.91. The van der Waals surface area contributed by atoms with Crippen molar-refractivity contribution in [1.82, 2.24) is 4.90 Å². The number of rotatable bonds is 2. The molecular formula is C17H16BrNOS. The van der Waals surface area contributed by atoms with Gasteiger partial charge in [-0.3, -0.25) is 4.79 Å². The highest BCUT2D eigenvalue weighted by atomic mass is 79.9. The van der Waals surface area contributed by atoms with E-state index in [4.69, 9.17) is 0 Å². The zero-order valence-corrected chi connectivity index (χ0v) is 14.2. The van der Waals surface area contributed by atoms with Crippen LogP contribution >= 0.6 is 27.3 Å². The van der Waals surface area contributed by atoms with Crippen LogP contribution in [0.5, 0.6) is 0 Å². The molecule has 0 bridgehead atoms. The molecule has 1 aliphatic rings. The van der Waals surface area contributed by atoms with Gasteiger partial charge in [0.25, 0.3) is 0 Å². The van der Waals surface area contributed by atoms with E-state index in [0.717, 1.165) is 10.3 Å². The zero-order valence-electron chi connectivity index (χ0n) is 11.8. The number of hydrogen-bond acceptors (Lipinski definition) is 2. The monoisotopic (exact) mass is 361 g/mol. The Labute approximate surface area is 137 Å². The molecule has 0 saturated heterocycles. The maximum Gasteiger partial charge on any atom is 0.246 e. The van der Waals surface area contributed by atoms with Gasteiger partial charge in [-0.05, 0) is 51.7 Å². The number of thiophene rings is 1. The number of carbonyl (C=O) groups is 1. The maximum atomic E-state index is 12.0. The molecule has 1 aliphatic heterocycles. The summed E-state index contributed by atoms with van der Waals surface area (Å²) in [6, 6.07) is 10.6. The number of aryl methyl sites for hydroxylation is 1. The first-order valence-electron chi connectivity index (χ1n) is 6.85. The van der Waals surface area contributed by atoms with E-state index in [-0.39, 0.29) is 11.8 Å². The van der Waals surface area contributed by atoms with E-state index in [1.54, 1.807) is 11.3 Å². The fraction of sp³-hybridized carbons (Fsp3) is 0.235. The standard InChI is InChI=1S/C17H16BrNOS/c1-3-16(20)19-9-12-8-15(18)21-17(12)14(10-19)13-7-5-4-6-11(13)2/h3-8,14H,1,9-10H2,2H3/t14-/m0/s1. The molecule has 2 heterocycles. The minimum absolute atomic E-state index is 0.00144. The normalized spacial score (nSPS) is 17.4. The van der Waals surface area contributed by atoms with E-state index in [1.165, 1.54) is 27.6 Å². The average molecular weight is 362 g/mol. The van der Waals surface area contributed by atoms with Crippen LogP contribution in [0, 0.1) is 6.92 Å². The second kappa shape index (κ2) is 5.78. The van der Waals surface area contributed by atoms with Crippen LogP contribution < -0.4 is 0 Å². The smallest absolute Gasteiger partial charge is 0.246 e. The lowest BCUT2D eigenvalue weighted by Gasteiger charge is -2.33. The van der Waals surface area contributed by atoms with E-state index in [0.29, 0.717) is 6.54 Å². The van der Waals surface area contributed by atoms with Crippen LogP contribution in [0.2, 0.25) is 0 Å². The number of fused-ring (bicyclic) bond motifs is 1. The van der Waals surface area contributed by atoms with Gasteiger partial charge in [0.15, 0.2) is 0 Å². The Balaban J connectivity index is 2.08. The Hall–Kier alpha value is -1.39. The van der Waals surface area contributed by atoms with E-state index in [1.807, 2.05) is 4.90 Å². The Morgan fingerprint density at radius 3 is 2.95 bits per heavy atom. The molecule has 2 aromatic rings. The molecule has 108 valence electrons. The van der Waals surface area contributed by atoms with Crippen molar-refractivity contribution in [2.75, 3.05) is 6.54 Å². The molecule has 0 radical (unpaired) electrons. The third-order valence-corrected chi connectivity index (χ3v) is 5.74. The van der Waals surface area contributed by atoms with Crippen LogP contribution in [0.25, 0.3) is 0 Å². The third kappa shape index (κ3) is 2.70. The summed E-state index contributed by atoms with van der Waals surface area (Å²) in [5.74, 6) is 0.247. The highest BCUT2D eigenvalue weighted by Gasteiger charge is 2.30. The third-order valence-electron chi connectivity index (χ3n) is 3.94. The van der Waals surface area contributed by atoms with Crippen molar-refractivity contribution in [2.45, 2.75) is 19.4 Å². The maximum absolute atomic E-state index is 12.0. The van der Waals surface area contributed by atoms with Crippen molar-refractivity contribution in [2.24, 2.45) is 0 Å². The van der Waals surface area contributed by atoms with E-state index < -0.39 is 0 Å². The first-order valence-corrected chi connectivity index (χ1v) is 8.46. The average Bonchev–Trinajstić information content (AvgIpc) is 2.86. The predicted octanol–water partition coefficient (Wildman–Crippen LogP) is 4.48. The summed E-state index contributed by atoms with van der Waals surface area (Å²) in [7, 11) is 0. The van der Waals surface area contributed by atoms with Gasteiger partial charge in [0.1, 0.15) is 0 Å². The first kappa shape index (κ1) is 14.5. The fourth-order valence-corrected chi connectivity index (χ4v) is 4.72. The summed E-state index contributed by atoms with van der Waals surface area (Å²) in [4.78, 5) is 15.3. The molecule has 1 aromatic heterocycles. The van der Waals surface area contributed by atoms with Gasteiger partial charge in [0.2, 0.25) is 5.91 Å². The predicted molar refractivity (Wildman–Crippen MR) is 90.7 cm³/mol. The van der Waals surface area contributed by atoms with Crippen molar-refractivity contribution in [3.63, 3.8) is 0 Å². The van der Waals surface area contributed by atoms with Crippen LogP contribution in [0.4, 0.5) is 0 Å². The number of carbonyl (C=O) groups excluding carboxylic acids is 1. The molecule has 2 nitrogen and oxygen atoms in total. The van der Waals surface area contributed by atoms with Crippen molar-refractivity contribution in [3.05, 3.63) is 68.3 Å². The van der Waals surface area contributed by atoms with Gasteiger partial charge in [-0.2, -0.15) is 0 Å². The molecule has 0 saturated carbocycles. The van der Waals surface area contributed by atoms with Gasteiger partial charge in [-0.1, -0.05) is 30.8 Å². The molecule has 21 heavy (non-hydrogen) atoms.